The van der Waals surface area contributed by atoms with Crippen LogP contribution in [0.25, 0.3) is 0 Å². The van der Waals surface area contributed by atoms with Crippen LogP contribution in [0.15, 0.2) is 11.6 Å². The number of hydrogen-bond donors (Lipinski definition) is 0. The number of nitrogens with zero attached hydrogens (tertiary/aromatic N) is 1. The fourth-order valence-electron chi connectivity index (χ4n) is 3.43. The second-order valence-corrected chi connectivity index (χ2v) is 6.41. The van der Waals surface area contributed by atoms with Crippen LogP contribution in [0.1, 0.15) is 77.6 Å². The minimum atomic E-state index is -0.111. The van der Waals surface area contributed by atoms with E-state index in [9.17, 15) is 9.59 Å². The van der Waals surface area contributed by atoms with Crippen LogP contribution in [0.5, 0.6) is 0 Å². The van der Waals surface area contributed by atoms with Gasteiger partial charge in [-0.3, -0.25) is 14.5 Å². The smallest absolute Gasteiger partial charge is 0.256 e. The quantitative estimate of drug-likeness (QED) is 0.471. The summed E-state index contributed by atoms with van der Waals surface area (Å²) in [7, 11) is 0. The number of unbranched alkanes of at least 4 members (excludes halogenated alkanes) is 7. The van der Waals surface area contributed by atoms with E-state index in [2.05, 4.69) is 6.92 Å². The summed E-state index contributed by atoms with van der Waals surface area (Å²) in [6, 6.07) is 0. The van der Waals surface area contributed by atoms with Crippen LogP contribution in [0.4, 0.5) is 0 Å². The zero-order valence-electron chi connectivity index (χ0n) is 13.4. The van der Waals surface area contributed by atoms with Gasteiger partial charge in [0.2, 0.25) is 5.91 Å². The maximum Gasteiger partial charge on any atom is 0.256 e. The van der Waals surface area contributed by atoms with Gasteiger partial charge in [0.25, 0.3) is 5.91 Å². The maximum atomic E-state index is 12.3. The van der Waals surface area contributed by atoms with Gasteiger partial charge in [-0.25, -0.2) is 0 Å². The van der Waals surface area contributed by atoms with E-state index in [0.29, 0.717) is 6.54 Å². The van der Waals surface area contributed by atoms with Crippen LogP contribution in [0, 0.1) is 5.92 Å². The van der Waals surface area contributed by atoms with Crippen LogP contribution in [-0.2, 0) is 9.59 Å². The Bertz CT molecular complexity index is 400. The van der Waals surface area contributed by atoms with E-state index in [4.69, 9.17) is 0 Å². The van der Waals surface area contributed by atoms with Crippen LogP contribution < -0.4 is 0 Å². The number of fused-ring (bicyclic) bond motifs is 1. The van der Waals surface area contributed by atoms with Gasteiger partial charge in [-0.05, 0) is 25.7 Å². The Morgan fingerprint density at radius 1 is 1.05 bits per heavy atom. The second-order valence-electron chi connectivity index (χ2n) is 6.41. The van der Waals surface area contributed by atoms with Gasteiger partial charge < -0.3 is 0 Å². The van der Waals surface area contributed by atoms with Gasteiger partial charge in [-0.15, -0.1) is 0 Å². The summed E-state index contributed by atoms with van der Waals surface area (Å²) in [5.74, 6) is -0.0539. The minimum absolute atomic E-state index is 0.00681. The maximum absolute atomic E-state index is 12.3. The average molecular weight is 291 g/mol. The SMILES string of the molecule is CCCCCCCCCCN1C(=O)C2=CCCCC2C1=O. The molecule has 0 saturated carbocycles. The molecule has 1 aliphatic carbocycles. The monoisotopic (exact) mass is 291 g/mol. The van der Waals surface area contributed by atoms with Crippen molar-refractivity contribution in [3.8, 4) is 0 Å². The first-order chi connectivity index (χ1) is 10.3. The molecule has 1 aliphatic heterocycles. The van der Waals surface area contributed by atoms with E-state index in [1.54, 1.807) is 0 Å². The molecule has 0 spiro atoms. The lowest BCUT2D eigenvalue weighted by molar-refractivity contribution is -0.139. The van der Waals surface area contributed by atoms with Gasteiger partial charge in [0, 0.05) is 12.1 Å². The topological polar surface area (TPSA) is 37.4 Å². The molecule has 1 saturated heterocycles. The summed E-state index contributed by atoms with van der Waals surface area (Å²) in [5, 5.41) is 0. The van der Waals surface area contributed by atoms with Crippen LogP contribution in [-0.4, -0.2) is 23.3 Å². The molecule has 2 amide bonds. The zero-order valence-corrected chi connectivity index (χ0v) is 13.4. The van der Waals surface area contributed by atoms with Crippen molar-refractivity contribution in [3.05, 3.63) is 11.6 Å². The summed E-state index contributed by atoms with van der Waals surface area (Å²) in [4.78, 5) is 26.0. The summed E-state index contributed by atoms with van der Waals surface area (Å²) in [5.41, 5.74) is 0.783. The first kappa shape index (κ1) is 16.3. The molecule has 3 nitrogen and oxygen atoms in total. The molecule has 1 heterocycles. The first-order valence-electron chi connectivity index (χ1n) is 8.81. The second kappa shape index (κ2) is 8.35. The summed E-state index contributed by atoms with van der Waals surface area (Å²) in [6.07, 6.45) is 14.8. The largest absolute Gasteiger partial charge is 0.278 e. The lowest BCUT2D eigenvalue weighted by Crippen LogP contribution is -2.31. The Balaban J connectivity index is 1.65. The Kier molecular flexibility index (Phi) is 6.47. The fraction of sp³-hybridized carbons (Fsp3) is 0.778. The van der Waals surface area contributed by atoms with Gasteiger partial charge in [0.1, 0.15) is 0 Å². The zero-order chi connectivity index (χ0) is 15.1. The Labute approximate surface area is 128 Å². The molecule has 1 atom stereocenters. The Hall–Kier alpha value is -1.12. The molecular weight excluding hydrogens is 262 g/mol. The third kappa shape index (κ3) is 4.18. The van der Waals surface area contributed by atoms with Crippen molar-refractivity contribution in [2.75, 3.05) is 6.54 Å². The van der Waals surface area contributed by atoms with Crippen molar-refractivity contribution in [2.45, 2.75) is 77.6 Å². The highest BCUT2D eigenvalue weighted by Crippen LogP contribution is 2.33. The number of carbonyl (C=O) groups excluding carboxylic acids is 2. The van der Waals surface area contributed by atoms with Crippen molar-refractivity contribution in [1.82, 2.24) is 4.90 Å². The predicted molar refractivity (Wildman–Crippen MR) is 84.8 cm³/mol. The lowest BCUT2D eigenvalue weighted by Gasteiger charge is -2.14. The first-order valence-corrected chi connectivity index (χ1v) is 8.81. The number of rotatable bonds is 9. The molecule has 2 aliphatic rings. The molecule has 1 unspecified atom stereocenters. The van der Waals surface area contributed by atoms with E-state index >= 15 is 0 Å². The molecule has 118 valence electrons. The summed E-state index contributed by atoms with van der Waals surface area (Å²) < 4.78 is 0. The van der Waals surface area contributed by atoms with Crippen LogP contribution in [0.2, 0.25) is 0 Å². The number of carbonyl (C=O) groups is 2. The summed E-state index contributed by atoms with van der Waals surface area (Å²) >= 11 is 0. The molecule has 2 rings (SSSR count). The number of likely N-dealkylation sites (tertiary alicyclic amines) is 1. The molecule has 0 radical (unpaired) electrons. The normalized spacial score (nSPS) is 21.7. The highest BCUT2D eigenvalue weighted by Gasteiger charge is 2.43. The van der Waals surface area contributed by atoms with Gasteiger partial charge in [-0.1, -0.05) is 57.9 Å². The Morgan fingerprint density at radius 3 is 2.38 bits per heavy atom. The van der Waals surface area contributed by atoms with Gasteiger partial charge >= 0.3 is 0 Å². The van der Waals surface area contributed by atoms with Gasteiger partial charge in [-0.2, -0.15) is 0 Å². The van der Waals surface area contributed by atoms with Crippen molar-refractivity contribution >= 4 is 11.8 Å². The van der Waals surface area contributed by atoms with Crippen LogP contribution >= 0.6 is 0 Å². The molecule has 21 heavy (non-hydrogen) atoms. The van der Waals surface area contributed by atoms with Crippen molar-refractivity contribution < 1.29 is 9.59 Å². The molecule has 1 fully saturated rings. The lowest BCUT2D eigenvalue weighted by atomic mass is 9.90. The molecule has 0 aromatic heterocycles. The number of amides is 2. The number of hydrogen-bond acceptors (Lipinski definition) is 2. The van der Waals surface area contributed by atoms with E-state index in [0.717, 1.165) is 37.7 Å². The fourth-order valence-corrected chi connectivity index (χ4v) is 3.43. The molecule has 3 heteroatoms. The predicted octanol–water partition coefficient (Wildman–Crippen LogP) is 4.22. The molecule has 0 aromatic rings. The third-order valence-electron chi connectivity index (χ3n) is 4.73. The van der Waals surface area contributed by atoms with Crippen molar-refractivity contribution in [2.24, 2.45) is 5.92 Å². The van der Waals surface area contributed by atoms with Gasteiger partial charge in [0.05, 0.1) is 5.92 Å². The van der Waals surface area contributed by atoms with E-state index in [1.165, 1.54) is 43.4 Å². The van der Waals surface area contributed by atoms with E-state index < -0.39 is 0 Å². The Morgan fingerprint density at radius 2 is 1.71 bits per heavy atom. The van der Waals surface area contributed by atoms with E-state index in [-0.39, 0.29) is 17.7 Å². The van der Waals surface area contributed by atoms with Crippen molar-refractivity contribution in [1.29, 1.82) is 0 Å². The molecule has 0 bridgehead atoms. The highest BCUT2D eigenvalue weighted by molar-refractivity contribution is 6.14. The minimum Gasteiger partial charge on any atom is -0.278 e. The van der Waals surface area contributed by atoms with Gasteiger partial charge in [0.15, 0.2) is 0 Å². The summed E-state index contributed by atoms with van der Waals surface area (Å²) in [6.45, 7) is 2.86. The standard InChI is InChI=1S/C18H29NO2/c1-2-3-4-5-6-7-8-11-14-19-17(20)15-12-9-10-13-16(15)18(19)21/h12,16H,2-11,13-14H2,1H3. The van der Waals surface area contributed by atoms with Crippen LogP contribution in [0.3, 0.4) is 0 Å². The average Bonchev–Trinajstić information content (AvgIpc) is 2.75. The number of imide groups is 1. The highest BCUT2D eigenvalue weighted by atomic mass is 16.2. The molecular formula is C18H29NO2. The number of allylic oxidation sites excluding steroid dienone is 1. The van der Waals surface area contributed by atoms with Crippen molar-refractivity contribution in [3.63, 3.8) is 0 Å². The third-order valence-corrected chi connectivity index (χ3v) is 4.73. The van der Waals surface area contributed by atoms with E-state index in [1.807, 2.05) is 6.08 Å². The molecule has 0 N–H and O–H groups in total. The molecule has 0 aromatic carbocycles.